The maximum absolute atomic E-state index is 12.6. The highest BCUT2D eigenvalue weighted by molar-refractivity contribution is 9.10. The minimum Gasteiger partial charge on any atom is -0.352 e. The molecule has 0 saturated heterocycles. The Morgan fingerprint density at radius 3 is 2.60 bits per heavy atom. The zero-order valence-corrected chi connectivity index (χ0v) is 17.6. The lowest BCUT2D eigenvalue weighted by atomic mass is 10.0. The quantitative estimate of drug-likeness (QED) is 0.615. The summed E-state index contributed by atoms with van der Waals surface area (Å²) in [6.07, 6.45) is 7.77. The molecule has 1 aliphatic rings. The van der Waals surface area contributed by atoms with E-state index in [0.29, 0.717) is 21.8 Å². The van der Waals surface area contributed by atoms with Crippen molar-refractivity contribution >= 4 is 43.6 Å². The number of rotatable bonds is 7. The van der Waals surface area contributed by atoms with Gasteiger partial charge in [-0.2, -0.15) is 0 Å². The number of benzene rings is 1. The fourth-order valence-electron chi connectivity index (χ4n) is 2.86. The van der Waals surface area contributed by atoms with Crippen LogP contribution in [0.5, 0.6) is 0 Å². The fraction of sp³-hybridized carbons (Fsp3) is 0.588. The number of thioether (sulfide) groups is 1. The Bertz CT molecular complexity index is 717. The van der Waals surface area contributed by atoms with Gasteiger partial charge in [0, 0.05) is 21.2 Å². The molecule has 8 heteroatoms. The minimum atomic E-state index is -3.90. The molecule has 0 aliphatic heterocycles. The number of nitrogens with one attached hydrogen (secondary N) is 1. The first-order chi connectivity index (χ1) is 11.8. The number of carbonyl (C=O) groups is 1. The normalized spacial score (nSPS) is 16.0. The molecule has 5 nitrogen and oxygen atoms in total. The number of nitrogens with two attached hydrogens (primary N) is 1. The Labute approximate surface area is 162 Å². The van der Waals surface area contributed by atoms with Crippen molar-refractivity contribution in [3.05, 3.63) is 22.2 Å². The van der Waals surface area contributed by atoms with Crippen LogP contribution in [0.2, 0.25) is 0 Å². The second kappa shape index (κ2) is 9.39. The van der Waals surface area contributed by atoms with Crippen LogP contribution in [0.3, 0.4) is 0 Å². The molecule has 140 valence electrons. The molecule has 0 unspecified atom stereocenters. The fourth-order valence-corrected chi connectivity index (χ4v) is 6.04. The lowest BCUT2D eigenvalue weighted by Crippen LogP contribution is -2.26. The number of hydrogen-bond acceptors (Lipinski definition) is 4. The van der Waals surface area contributed by atoms with Crippen molar-refractivity contribution in [2.45, 2.75) is 66.9 Å². The average Bonchev–Trinajstić information content (AvgIpc) is 2.55. The van der Waals surface area contributed by atoms with Gasteiger partial charge in [-0.05, 0) is 47.3 Å². The number of carbonyl (C=O) groups excluding carboxylic acids is 1. The predicted octanol–water partition coefficient (Wildman–Crippen LogP) is 4.05. The second-order valence-corrected chi connectivity index (χ2v) is 10.0. The standard InChI is InChI=1S/C17H25BrN2O3S2/c1-2-3-9-20-17(21)13-10-16(25(19,22)23)14(18)11-15(13)24-12-7-5-4-6-8-12/h10-12H,2-9H2,1H3,(H,20,21)(H2,19,22,23). The van der Waals surface area contributed by atoms with Gasteiger partial charge in [0.1, 0.15) is 0 Å². The summed E-state index contributed by atoms with van der Waals surface area (Å²) >= 11 is 4.96. The molecule has 0 aromatic heterocycles. The number of amides is 1. The van der Waals surface area contributed by atoms with Gasteiger partial charge in [-0.15, -0.1) is 11.8 Å². The van der Waals surface area contributed by atoms with Crippen molar-refractivity contribution in [3.63, 3.8) is 0 Å². The van der Waals surface area contributed by atoms with Crippen molar-refractivity contribution in [1.29, 1.82) is 0 Å². The number of halogens is 1. The number of primary sulfonamides is 1. The maximum Gasteiger partial charge on any atom is 0.252 e. The van der Waals surface area contributed by atoms with Crippen LogP contribution in [0.25, 0.3) is 0 Å². The van der Waals surface area contributed by atoms with E-state index >= 15 is 0 Å². The summed E-state index contributed by atoms with van der Waals surface area (Å²) in [5.74, 6) is -0.246. The van der Waals surface area contributed by atoms with Gasteiger partial charge in [-0.25, -0.2) is 13.6 Å². The molecule has 1 aliphatic carbocycles. The molecule has 1 fully saturated rings. The Balaban J connectivity index is 2.34. The molecule has 0 bridgehead atoms. The van der Waals surface area contributed by atoms with Crippen LogP contribution in [0.1, 0.15) is 62.2 Å². The first-order valence-corrected chi connectivity index (χ1v) is 11.9. The van der Waals surface area contributed by atoms with Gasteiger partial charge in [0.05, 0.1) is 10.5 Å². The molecule has 1 amide bonds. The summed E-state index contributed by atoms with van der Waals surface area (Å²) in [7, 11) is -3.90. The van der Waals surface area contributed by atoms with Crippen molar-refractivity contribution in [1.82, 2.24) is 5.32 Å². The summed E-state index contributed by atoms with van der Waals surface area (Å²) in [6.45, 7) is 2.62. The molecule has 0 spiro atoms. The minimum absolute atomic E-state index is 0.0545. The number of unbranched alkanes of at least 4 members (excludes halogenated alkanes) is 1. The highest BCUT2D eigenvalue weighted by Crippen LogP contribution is 2.38. The van der Waals surface area contributed by atoms with Gasteiger partial charge in [0.15, 0.2) is 0 Å². The monoisotopic (exact) mass is 448 g/mol. The van der Waals surface area contributed by atoms with Gasteiger partial charge in [0.25, 0.3) is 5.91 Å². The van der Waals surface area contributed by atoms with Gasteiger partial charge in [-0.3, -0.25) is 4.79 Å². The highest BCUT2D eigenvalue weighted by Gasteiger charge is 2.23. The Kier molecular flexibility index (Phi) is 7.79. The third-order valence-electron chi connectivity index (χ3n) is 4.25. The summed E-state index contributed by atoms with van der Waals surface area (Å²) < 4.78 is 24.0. The van der Waals surface area contributed by atoms with E-state index in [2.05, 4.69) is 28.2 Å². The molecule has 1 saturated carbocycles. The summed E-state index contributed by atoms with van der Waals surface area (Å²) in [5, 5.41) is 8.62. The smallest absolute Gasteiger partial charge is 0.252 e. The van der Waals surface area contributed by atoms with Crippen LogP contribution in [0, 0.1) is 0 Å². The average molecular weight is 449 g/mol. The summed E-state index contributed by atoms with van der Waals surface area (Å²) in [4.78, 5) is 13.3. The van der Waals surface area contributed by atoms with Gasteiger partial charge < -0.3 is 5.32 Å². The summed E-state index contributed by atoms with van der Waals surface area (Å²) in [6, 6.07) is 3.11. The number of hydrogen-bond donors (Lipinski definition) is 2. The van der Waals surface area contributed by atoms with Crippen molar-refractivity contribution in [2.24, 2.45) is 5.14 Å². The molecule has 1 aromatic rings. The molecular weight excluding hydrogens is 424 g/mol. The van der Waals surface area contributed by atoms with Gasteiger partial charge in [0.2, 0.25) is 10.0 Å². The molecule has 25 heavy (non-hydrogen) atoms. The van der Waals surface area contributed by atoms with Gasteiger partial charge >= 0.3 is 0 Å². The molecule has 0 atom stereocenters. The van der Waals surface area contributed by atoms with E-state index in [9.17, 15) is 13.2 Å². The zero-order chi connectivity index (χ0) is 18.4. The van der Waals surface area contributed by atoms with E-state index < -0.39 is 10.0 Å². The largest absolute Gasteiger partial charge is 0.352 e. The van der Waals surface area contributed by atoms with E-state index in [-0.39, 0.29) is 10.8 Å². The molecule has 0 heterocycles. The lowest BCUT2D eigenvalue weighted by Gasteiger charge is -2.22. The van der Waals surface area contributed by atoms with Crippen LogP contribution in [-0.2, 0) is 10.0 Å². The Morgan fingerprint density at radius 2 is 2.00 bits per heavy atom. The third-order valence-corrected chi connectivity index (χ3v) is 7.51. The topological polar surface area (TPSA) is 89.3 Å². The van der Waals surface area contributed by atoms with Crippen molar-refractivity contribution < 1.29 is 13.2 Å². The second-order valence-electron chi connectivity index (χ2n) is 6.31. The lowest BCUT2D eigenvalue weighted by molar-refractivity contribution is 0.0950. The third kappa shape index (κ3) is 5.98. The van der Waals surface area contributed by atoms with E-state index in [1.54, 1.807) is 17.8 Å². The number of sulfonamides is 1. The van der Waals surface area contributed by atoms with Crippen LogP contribution >= 0.6 is 27.7 Å². The highest BCUT2D eigenvalue weighted by atomic mass is 79.9. The molecular formula is C17H25BrN2O3S2. The summed E-state index contributed by atoms with van der Waals surface area (Å²) in [5.41, 5.74) is 0.388. The van der Waals surface area contributed by atoms with Crippen molar-refractivity contribution in [2.75, 3.05) is 6.54 Å². The van der Waals surface area contributed by atoms with Crippen molar-refractivity contribution in [3.8, 4) is 0 Å². The van der Waals surface area contributed by atoms with Crippen LogP contribution in [0.4, 0.5) is 0 Å². The Morgan fingerprint density at radius 1 is 1.32 bits per heavy atom. The SMILES string of the molecule is CCCCNC(=O)c1cc(S(N)(=O)=O)c(Br)cc1SC1CCCCC1. The molecule has 1 aromatic carbocycles. The van der Waals surface area contributed by atoms with E-state index in [4.69, 9.17) is 5.14 Å². The van der Waals surface area contributed by atoms with Crippen LogP contribution in [-0.4, -0.2) is 26.1 Å². The Hall–Kier alpha value is -0.570. The van der Waals surface area contributed by atoms with E-state index in [1.807, 2.05) is 0 Å². The first kappa shape index (κ1) is 20.7. The maximum atomic E-state index is 12.6. The molecule has 3 N–H and O–H groups in total. The molecule has 0 radical (unpaired) electrons. The van der Waals surface area contributed by atoms with Crippen LogP contribution in [0.15, 0.2) is 26.4 Å². The van der Waals surface area contributed by atoms with Crippen LogP contribution < -0.4 is 10.5 Å². The zero-order valence-electron chi connectivity index (χ0n) is 14.4. The van der Waals surface area contributed by atoms with Gasteiger partial charge in [-0.1, -0.05) is 32.6 Å². The van der Waals surface area contributed by atoms with E-state index in [0.717, 1.165) is 30.6 Å². The van der Waals surface area contributed by atoms with E-state index in [1.165, 1.54) is 25.3 Å². The first-order valence-electron chi connectivity index (χ1n) is 8.64. The predicted molar refractivity (Wildman–Crippen MR) is 105 cm³/mol. The molecule has 2 rings (SSSR count).